The van der Waals surface area contributed by atoms with Gasteiger partial charge in [0.1, 0.15) is 5.75 Å². The van der Waals surface area contributed by atoms with Crippen LogP contribution in [0.2, 0.25) is 0 Å². The molecule has 0 heterocycles. The quantitative estimate of drug-likeness (QED) is 0.513. The number of phenols is 1. The maximum atomic E-state index is 10.8. The Morgan fingerprint density at radius 3 is 2.64 bits per heavy atom. The molecular weight excluding hydrogens is 280 g/mol. The summed E-state index contributed by atoms with van der Waals surface area (Å²) >= 11 is 0. The smallest absolute Gasteiger partial charge is 0.270 e. The molecule has 0 spiro atoms. The van der Waals surface area contributed by atoms with Crippen molar-refractivity contribution in [3.63, 3.8) is 0 Å². The molecule has 5 heteroatoms. The Morgan fingerprint density at radius 2 is 2.00 bits per heavy atom. The van der Waals surface area contributed by atoms with E-state index in [0.717, 1.165) is 16.8 Å². The maximum Gasteiger partial charge on any atom is 0.270 e. The molecule has 5 nitrogen and oxygen atoms in total. The number of aliphatic imine (C=N–C) groups is 1. The average molecular weight is 298 g/mol. The van der Waals surface area contributed by atoms with Gasteiger partial charge in [0.15, 0.2) is 0 Å². The lowest BCUT2D eigenvalue weighted by Gasteiger charge is -2.11. The largest absolute Gasteiger partial charge is 0.508 e. The van der Waals surface area contributed by atoms with Crippen LogP contribution < -0.4 is 0 Å². The maximum absolute atomic E-state index is 10.8. The first kappa shape index (κ1) is 15.7. The summed E-state index contributed by atoms with van der Waals surface area (Å²) in [6.07, 6.45) is 1.59. The second-order valence-corrected chi connectivity index (χ2v) is 5.46. The lowest BCUT2D eigenvalue weighted by Crippen LogP contribution is -1.91. The zero-order chi connectivity index (χ0) is 16.3. The van der Waals surface area contributed by atoms with E-state index in [-0.39, 0.29) is 17.4 Å². The van der Waals surface area contributed by atoms with Crippen LogP contribution in [0.4, 0.5) is 11.4 Å². The minimum absolute atomic E-state index is 0.0363. The van der Waals surface area contributed by atoms with Crippen LogP contribution in [0.3, 0.4) is 0 Å². The second-order valence-electron chi connectivity index (χ2n) is 5.46. The third-order valence-corrected chi connectivity index (χ3v) is 3.40. The van der Waals surface area contributed by atoms with Crippen molar-refractivity contribution in [2.24, 2.45) is 4.99 Å². The molecule has 0 saturated carbocycles. The Kier molecular flexibility index (Phi) is 4.56. The fourth-order valence-corrected chi connectivity index (χ4v) is 2.16. The highest BCUT2D eigenvalue weighted by molar-refractivity contribution is 5.83. The summed E-state index contributed by atoms with van der Waals surface area (Å²) in [4.78, 5) is 14.7. The van der Waals surface area contributed by atoms with Crippen molar-refractivity contribution in [3.8, 4) is 5.75 Å². The number of phenolic OH excluding ortho intramolecular Hbond substituents is 1. The number of non-ortho nitro benzene ring substituents is 1. The molecule has 0 aliphatic carbocycles. The number of hydrogen-bond acceptors (Lipinski definition) is 4. The molecule has 0 bridgehead atoms. The molecule has 0 unspecified atom stereocenters. The summed E-state index contributed by atoms with van der Waals surface area (Å²) in [5.74, 6) is 0.453. The fourth-order valence-electron chi connectivity index (χ4n) is 2.16. The van der Waals surface area contributed by atoms with Crippen LogP contribution in [0.1, 0.15) is 36.5 Å². The van der Waals surface area contributed by atoms with E-state index in [1.165, 1.54) is 12.1 Å². The van der Waals surface area contributed by atoms with Gasteiger partial charge in [-0.1, -0.05) is 26.0 Å². The monoisotopic (exact) mass is 298 g/mol. The Morgan fingerprint density at radius 1 is 1.27 bits per heavy atom. The summed E-state index contributed by atoms with van der Waals surface area (Å²) in [5.41, 5.74) is 3.12. The van der Waals surface area contributed by atoms with Crippen LogP contribution in [0.25, 0.3) is 0 Å². The van der Waals surface area contributed by atoms with Crippen LogP contribution in [0, 0.1) is 17.0 Å². The first-order valence-corrected chi connectivity index (χ1v) is 7.00. The molecule has 0 atom stereocenters. The van der Waals surface area contributed by atoms with E-state index in [9.17, 15) is 15.2 Å². The van der Waals surface area contributed by atoms with Crippen molar-refractivity contribution in [1.29, 1.82) is 0 Å². The number of aryl methyl sites for hydroxylation is 1. The van der Waals surface area contributed by atoms with Crippen LogP contribution >= 0.6 is 0 Å². The molecule has 0 aliphatic heterocycles. The van der Waals surface area contributed by atoms with Crippen molar-refractivity contribution >= 4 is 17.6 Å². The molecule has 22 heavy (non-hydrogen) atoms. The van der Waals surface area contributed by atoms with Gasteiger partial charge in [0.2, 0.25) is 0 Å². The van der Waals surface area contributed by atoms with E-state index in [2.05, 4.69) is 4.99 Å². The third kappa shape index (κ3) is 3.49. The highest BCUT2D eigenvalue weighted by Crippen LogP contribution is 2.32. The number of aromatic hydroxyl groups is 1. The molecule has 114 valence electrons. The second kappa shape index (κ2) is 6.39. The van der Waals surface area contributed by atoms with Gasteiger partial charge in [-0.05, 0) is 41.7 Å². The lowest BCUT2D eigenvalue weighted by atomic mass is 9.99. The predicted molar refractivity (Wildman–Crippen MR) is 87.3 cm³/mol. The van der Waals surface area contributed by atoms with Crippen LogP contribution in [-0.4, -0.2) is 16.2 Å². The topological polar surface area (TPSA) is 75.7 Å². The van der Waals surface area contributed by atoms with E-state index in [4.69, 9.17) is 0 Å². The number of nitro groups is 1. The first-order valence-electron chi connectivity index (χ1n) is 7.00. The molecule has 1 N–H and O–H groups in total. The van der Waals surface area contributed by atoms with Crippen molar-refractivity contribution in [2.45, 2.75) is 26.7 Å². The fraction of sp³-hybridized carbons (Fsp3) is 0.235. The average Bonchev–Trinajstić information content (AvgIpc) is 2.46. The number of nitro benzene ring substituents is 1. The Balaban J connectivity index is 2.36. The molecule has 0 saturated heterocycles. The SMILES string of the molecule is Cc1cc(O)c(C(C)C)cc1N=Cc1cccc([N+](=O)[O-])c1. The number of benzene rings is 2. The van der Waals surface area contributed by atoms with Crippen LogP contribution in [0.5, 0.6) is 5.75 Å². The molecule has 2 aromatic carbocycles. The normalized spacial score (nSPS) is 11.3. The highest BCUT2D eigenvalue weighted by atomic mass is 16.6. The zero-order valence-electron chi connectivity index (χ0n) is 12.8. The highest BCUT2D eigenvalue weighted by Gasteiger charge is 2.09. The van der Waals surface area contributed by atoms with E-state index in [1.807, 2.05) is 26.8 Å². The molecule has 0 amide bonds. The predicted octanol–water partition coefficient (Wildman–Crippen LogP) is 4.48. The molecule has 0 fully saturated rings. The number of rotatable bonds is 4. The van der Waals surface area contributed by atoms with Gasteiger partial charge in [-0.3, -0.25) is 15.1 Å². The van der Waals surface area contributed by atoms with E-state index < -0.39 is 4.92 Å². The number of hydrogen-bond donors (Lipinski definition) is 1. The Hall–Kier alpha value is -2.69. The molecule has 2 aromatic rings. The van der Waals surface area contributed by atoms with Crippen LogP contribution in [-0.2, 0) is 0 Å². The Labute approximate surface area is 129 Å². The van der Waals surface area contributed by atoms with E-state index in [0.29, 0.717) is 5.56 Å². The van der Waals surface area contributed by atoms with Gasteiger partial charge in [0.25, 0.3) is 5.69 Å². The van der Waals surface area contributed by atoms with Gasteiger partial charge in [0, 0.05) is 18.3 Å². The van der Waals surface area contributed by atoms with Crippen LogP contribution in [0.15, 0.2) is 41.4 Å². The van der Waals surface area contributed by atoms with Gasteiger partial charge < -0.3 is 5.11 Å². The van der Waals surface area contributed by atoms with Gasteiger partial charge >= 0.3 is 0 Å². The van der Waals surface area contributed by atoms with E-state index in [1.54, 1.807) is 24.4 Å². The minimum Gasteiger partial charge on any atom is -0.508 e. The van der Waals surface area contributed by atoms with Gasteiger partial charge in [-0.15, -0.1) is 0 Å². The molecular formula is C17H18N2O3. The summed E-state index contributed by atoms with van der Waals surface area (Å²) in [7, 11) is 0. The Bertz CT molecular complexity index is 737. The molecule has 0 aromatic heterocycles. The van der Waals surface area contributed by atoms with Crippen molar-refractivity contribution < 1.29 is 10.0 Å². The number of nitrogens with zero attached hydrogens (tertiary/aromatic N) is 2. The van der Waals surface area contributed by atoms with Crippen molar-refractivity contribution in [1.82, 2.24) is 0 Å². The minimum atomic E-state index is -0.431. The first-order chi connectivity index (χ1) is 10.4. The third-order valence-electron chi connectivity index (χ3n) is 3.40. The molecule has 0 aliphatic rings. The zero-order valence-corrected chi connectivity index (χ0v) is 12.8. The molecule has 0 radical (unpaired) electrons. The standard InChI is InChI=1S/C17H18N2O3/c1-11(2)15-9-16(12(3)7-17(15)20)18-10-13-5-4-6-14(8-13)19(21)22/h4-11,20H,1-3H3. The van der Waals surface area contributed by atoms with Gasteiger partial charge in [-0.25, -0.2) is 0 Å². The summed E-state index contributed by atoms with van der Waals surface area (Å²) in [6, 6.07) is 9.85. The summed E-state index contributed by atoms with van der Waals surface area (Å²) < 4.78 is 0. The van der Waals surface area contributed by atoms with Crippen molar-refractivity contribution in [3.05, 3.63) is 63.2 Å². The summed E-state index contributed by atoms with van der Waals surface area (Å²) in [6.45, 7) is 5.86. The van der Waals surface area contributed by atoms with Gasteiger partial charge in [0.05, 0.1) is 10.6 Å². The van der Waals surface area contributed by atoms with Crippen molar-refractivity contribution in [2.75, 3.05) is 0 Å². The van der Waals surface area contributed by atoms with Gasteiger partial charge in [-0.2, -0.15) is 0 Å². The summed E-state index contributed by atoms with van der Waals surface area (Å²) in [5, 5.41) is 20.7. The molecule has 2 rings (SSSR count). The van der Waals surface area contributed by atoms with E-state index >= 15 is 0 Å². The lowest BCUT2D eigenvalue weighted by molar-refractivity contribution is -0.384.